The number of hydrogen-bond acceptors (Lipinski definition) is 1. The van der Waals surface area contributed by atoms with Crippen LogP contribution >= 0.6 is 0 Å². The van der Waals surface area contributed by atoms with Crippen molar-refractivity contribution >= 4 is 6.04 Å². The summed E-state index contributed by atoms with van der Waals surface area (Å²) < 4.78 is 11.2. The van der Waals surface area contributed by atoms with Crippen molar-refractivity contribution in [1.82, 2.24) is 0 Å². The minimum Gasteiger partial charge on any atom is -0.261 e. The molecule has 0 N–H and O–H groups in total. The first kappa shape index (κ1) is 6.60. The van der Waals surface area contributed by atoms with Gasteiger partial charge in [-0.05, 0) is 6.42 Å². The summed E-state index contributed by atoms with van der Waals surface area (Å²) >= 11 is 0. The van der Waals surface area contributed by atoms with Gasteiger partial charge in [0.15, 0.2) is 0 Å². The van der Waals surface area contributed by atoms with Crippen LogP contribution < -0.4 is 0 Å². The highest BCUT2D eigenvalue weighted by Gasteiger charge is 1.92. The zero-order valence-electron chi connectivity index (χ0n) is 4.11. The Morgan fingerprint density at radius 3 is 2.43 bits per heavy atom. The molecule has 0 aromatic carbocycles. The van der Waals surface area contributed by atoms with Crippen LogP contribution in [0.3, 0.4) is 0 Å². The molecule has 0 aliphatic carbocycles. The summed E-state index contributed by atoms with van der Waals surface area (Å²) in [5.41, 5.74) is 0. The lowest BCUT2D eigenvalue weighted by atomic mass is 10.3. The molecule has 0 bridgehead atoms. The molecule has 0 spiro atoms. The predicted molar refractivity (Wildman–Crippen MR) is 25.3 cm³/mol. The fourth-order valence-electron chi connectivity index (χ4n) is 0.264. The van der Waals surface area contributed by atoms with E-state index in [-0.39, 0.29) is 6.42 Å². The first-order valence-corrected chi connectivity index (χ1v) is 2.25. The van der Waals surface area contributed by atoms with Gasteiger partial charge < -0.3 is 0 Å². The summed E-state index contributed by atoms with van der Waals surface area (Å²) in [5.74, 6) is 0. The third kappa shape index (κ3) is 5.60. The number of halogens is 1. The van der Waals surface area contributed by atoms with Crippen LogP contribution in [0.5, 0.6) is 0 Å². The van der Waals surface area contributed by atoms with Gasteiger partial charge >= 0.3 is 6.04 Å². The second kappa shape index (κ2) is 3.78. The van der Waals surface area contributed by atoms with Crippen LogP contribution in [-0.2, 0) is 4.79 Å². The molecule has 0 saturated heterocycles. The van der Waals surface area contributed by atoms with Gasteiger partial charge in [0.05, 0.1) is 0 Å². The van der Waals surface area contributed by atoms with E-state index in [0.717, 1.165) is 0 Å². The van der Waals surface area contributed by atoms with Gasteiger partial charge in [-0.3, -0.25) is 4.79 Å². The highest BCUT2D eigenvalue weighted by Crippen LogP contribution is 1.93. The zero-order valence-corrected chi connectivity index (χ0v) is 4.11. The molecule has 0 unspecified atom stereocenters. The molecule has 7 heavy (non-hydrogen) atoms. The zero-order chi connectivity index (χ0) is 5.70. The molecule has 0 aromatic rings. The van der Waals surface area contributed by atoms with Crippen LogP contribution in [0.25, 0.3) is 0 Å². The van der Waals surface area contributed by atoms with Crippen molar-refractivity contribution in [2.45, 2.75) is 19.3 Å². The molecule has 0 saturated carbocycles. The molecule has 0 heterocycles. The highest BCUT2D eigenvalue weighted by atomic mass is 19.1. The van der Waals surface area contributed by atoms with Crippen LogP contribution in [0, 0.1) is 6.92 Å². The maximum absolute atomic E-state index is 11.2. The minimum atomic E-state index is -1.23. The molecule has 2 heteroatoms. The van der Waals surface area contributed by atoms with Crippen molar-refractivity contribution < 1.29 is 9.18 Å². The second-order valence-corrected chi connectivity index (χ2v) is 1.31. The quantitative estimate of drug-likeness (QED) is 0.494. The molecular weight excluding hydrogens is 95.1 g/mol. The van der Waals surface area contributed by atoms with E-state index < -0.39 is 6.04 Å². The Kier molecular flexibility index (Phi) is 3.56. The second-order valence-electron chi connectivity index (χ2n) is 1.31. The average Bonchev–Trinajstić information content (AvgIpc) is 1.61. The number of carbonyl (C=O) groups excluding carboxylic acids is 1. The van der Waals surface area contributed by atoms with Gasteiger partial charge in [-0.15, -0.1) is 0 Å². The Bertz CT molecular complexity index is 61.1. The van der Waals surface area contributed by atoms with E-state index >= 15 is 0 Å². The molecular formula is C5H8FO. The highest BCUT2D eigenvalue weighted by molar-refractivity contribution is 5.67. The summed E-state index contributed by atoms with van der Waals surface area (Å²) in [4.78, 5) is 9.51. The summed E-state index contributed by atoms with van der Waals surface area (Å²) in [5, 5.41) is 0. The van der Waals surface area contributed by atoms with Crippen molar-refractivity contribution in [3.8, 4) is 0 Å². The number of rotatable bonds is 3. The molecule has 1 radical (unpaired) electrons. The Balaban J connectivity index is 2.82. The Hall–Kier alpha value is -0.400. The van der Waals surface area contributed by atoms with Gasteiger partial charge in [0.25, 0.3) is 0 Å². The molecule has 41 valence electrons. The summed E-state index contributed by atoms with van der Waals surface area (Å²) in [7, 11) is 0. The lowest BCUT2D eigenvalue weighted by molar-refractivity contribution is -0.129. The largest absolute Gasteiger partial charge is 0.301 e. The SMILES string of the molecule is [CH2]CCCC(=O)F. The van der Waals surface area contributed by atoms with E-state index in [9.17, 15) is 9.18 Å². The van der Waals surface area contributed by atoms with Crippen molar-refractivity contribution in [1.29, 1.82) is 0 Å². The molecule has 1 nitrogen and oxygen atoms in total. The molecule has 0 aliphatic rings. The molecule has 0 fully saturated rings. The Morgan fingerprint density at radius 1 is 1.71 bits per heavy atom. The first-order chi connectivity index (χ1) is 3.27. The lowest BCUT2D eigenvalue weighted by Gasteiger charge is -1.83. The standard InChI is InChI=1S/C5H8FO/c1-2-3-4-5(6)7/h1-4H2. The summed E-state index contributed by atoms with van der Waals surface area (Å²) in [6.45, 7) is 3.44. The Labute approximate surface area is 42.5 Å². The number of hydrogen-bond donors (Lipinski definition) is 0. The smallest absolute Gasteiger partial charge is 0.261 e. The van der Waals surface area contributed by atoms with E-state index in [4.69, 9.17) is 0 Å². The van der Waals surface area contributed by atoms with Crippen LogP contribution in [0.4, 0.5) is 4.39 Å². The minimum absolute atomic E-state index is 0.0312. The molecule has 0 rings (SSSR count). The van der Waals surface area contributed by atoms with E-state index in [0.29, 0.717) is 12.8 Å². The van der Waals surface area contributed by atoms with E-state index in [1.165, 1.54) is 0 Å². The van der Waals surface area contributed by atoms with Crippen molar-refractivity contribution in [3.05, 3.63) is 6.92 Å². The summed E-state index contributed by atoms with van der Waals surface area (Å²) in [6.07, 6.45) is 1.23. The van der Waals surface area contributed by atoms with Gasteiger partial charge in [-0.25, -0.2) is 0 Å². The van der Waals surface area contributed by atoms with Crippen LogP contribution in [0.2, 0.25) is 0 Å². The van der Waals surface area contributed by atoms with Crippen molar-refractivity contribution in [2.24, 2.45) is 0 Å². The molecule has 0 aromatic heterocycles. The summed E-state index contributed by atoms with van der Waals surface area (Å²) in [6, 6.07) is -1.23. The van der Waals surface area contributed by atoms with Crippen LogP contribution in [0.15, 0.2) is 0 Å². The topological polar surface area (TPSA) is 17.1 Å². The third-order valence-electron chi connectivity index (χ3n) is 0.623. The van der Waals surface area contributed by atoms with E-state index in [1.807, 2.05) is 0 Å². The fraction of sp³-hybridized carbons (Fsp3) is 0.600. The van der Waals surface area contributed by atoms with Gasteiger partial charge in [0, 0.05) is 6.42 Å². The van der Waals surface area contributed by atoms with E-state index in [2.05, 4.69) is 6.92 Å². The first-order valence-electron chi connectivity index (χ1n) is 2.25. The number of unbranched alkanes of at least 4 members (excludes halogenated alkanes) is 1. The number of carbonyl (C=O) groups is 1. The predicted octanol–water partition coefficient (Wildman–Crippen LogP) is 1.49. The fourth-order valence-corrected chi connectivity index (χ4v) is 0.264. The normalized spacial score (nSPS) is 8.86. The average molecular weight is 103 g/mol. The maximum Gasteiger partial charge on any atom is 0.301 e. The van der Waals surface area contributed by atoms with Gasteiger partial charge in [0.1, 0.15) is 0 Å². The van der Waals surface area contributed by atoms with Gasteiger partial charge in [-0.1, -0.05) is 13.3 Å². The maximum atomic E-state index is 11.2. The molecule has 0 atom stereocenters. The molecule has 0 amide bonds. The third-order valence-corrected chi connectivity index (χ3v) is 0.623. The monoisotopic (exact) mass is 103 g/mol. The lowest BCUT2D eigenvalue weighted by Crippen LogP contribution is -1.84. The van der Waals surface area contributed by atoms with Crippen LogP contribution in [-0.4, -0.2) is 6.04 Å². The van der Waals surface area contributed by atoms with Gasteiger partial charge in [0.2, 0.25) is 0 Å². The van der Waals surface area contributed by atoms with Crippen molar-refractivity contribution in [2.75, 3.05) is 0 Å². The van der Waals surface area contributed by atoms with Crippen LogP contribution in [0.1, 0.15) is 19.3 Å². The van der Waals surface area contributed by atoms with Gasteiger partial charge in [-0.2, -0.15) is 4.39 Å². The molecule has 0 aliphatic heterocycles. The Morgan fingerprint density at radius 2 is 2.29 bits per heavy atom. The van der Waals surface area contributed by atoms with E-state index in [1.54, 1.807) is 0 Å². The van der Waals surface area contributed by atoms with Crippen molar-refractivity contribution in [3.63, 3.8) is 0 Å².